The molecule has 0 radical (unpaired) electrons. The SMILES string of the molecule is COc1ccc(B(O)O)cc1-c1ccc2c(N)nc(C)cc2c1. The third-order valence-electron chi connectivity index (χ3n) is 3.82. The van der Waals surface area contributed by atoms with E-state index in [0.717, 1.165) is 27.6 Å². The summed E-state index contributed by atoms with van der Waals surface area (Å²) in [5.74, 6) is 1.16. The molecule has 0 aliphatic carbocycles. The van der Waals surface area contributed by atoms with Crippen LogP contribution in [0.2, 0.25) is 0 Å². The number of benzene rings is 2. The first-order valence-electron chi connectivity index (χ1n) is 7.21. The van der Waals surface area contributed by atoms with Crippen molar-refractivity contribution in [2.75, 3.05) is 12.8 Å². The Hall–Kier alpha value is -2.57. The summed E-state index contributed by atoms with van der Waals surface area (Å²) in [6.45, 7) is 1.89. The Balaban J connectivity index is 2.21. The van der Waals surface area contributed by atoms with Crippen molar-refractivity contribution in [1.29, 1.82) is 0 Å². The fourth-order valence-corrected chi connectivity index (χ4v) is 2.70. The van der Waals surface area contributed by atoms with Crippen LogP contribution in [0.3, 0.4) is 0 Å². The highest BCUT2D eigenvalue weighted by atomic mass is 16.5. The first-order chi connectivity index (χ1) is 11.0. The molecule has 2 aromatic carbocycles. The molecule has 0 spiro atoms. The second-order valence-electron chi connectivity index (χ2n) is 5.42. The van der Waals surface area contributed by atoms with Crippen LogP contribution in [0.15, 0.2) is 42.5 Å². The van der Waals surface area contributed by atoms with Gasteiger partial charge in [-0.25, -0.2) is 4.98 Å². The number of aromatic nitrogens is 1. The van der Waals surface area contributed by atoms with Crippen molar-refractivity contribution in [3.05, 3.63) is 48.2 Å². The van der Waals surface area contributed by atoms with Crippen LogP contribution in [0.5, 0.6) is 5.75 Å². The minimum Gasteiger partial charge on any atom is -0.496 e. The summed E-state index contributed by atoms with van der Waals surface area (Å²) in [6.07, 6.45) is 0. The Morgan fingerprint density at radius 3 is 2.57 bits per heavy atom. The third-order valence-corrected chi connectivity index (χ3v) is 3.82. The van der Waals surface area contributed by atoms with Crippen LogP contribution in [-0.2, 0) is 0 Å². The number of aryl methyl sites for hydroxylation is 1. The Kier molecular flexibility index (Phi) is 3.94. The van der Waals surface area contributed by atoms with Crippen LogP contribution >= 0.6 is 0 Å². The Morgan fingerprint density at radius 2 is 1.87 bits per heavy atom. The average Bonchev–Trinajstić information content (AvgIpc) is 2.53. The molecule has 0 atom stereocenters. The molecule has 0 amide bonds. The summed E-state index contributed by atoms with van der Waals surface area (Å²) in [5.41, 5.74) is 8.91. The van der Waals surface area contributed by atoms with Gasteiger partial charge in [0.2, 0.25) is 0 Å². The number of hydrogen-bond donors (Lipinski definition) is 3. The van der Waals surface area contributed by atoms with Gasteiger partial charge in [0.25, 0.3) is 0 Å². The zero-order valence-corrected chi connectivity index (χ0v) is 12.9. The van der Waals surface area contributed by atoms with Crippen molar-refractivity contribution in [3.8, 4) is 16.9 Å². The Bertz CT molecular complexity index is 881. The lowest BCUT2D eigenvalue weighted by Crippen LogP contribution is -2.29. The molecule has 5 nitrogen and oxygen atoms in total. The van der Waals surface area contributed by atoms with Gasteiger partial charge in [-0.3, -0.25) is 0 Å². The van der Waals surface area contributed by atoms with E-state index in [1.807, 2.05) is 31.2 Å². The fourth-order valence-electron chi connectivity index (χ4n) is 2.70. The summed E-state index contributed by atoms with van der Waals surface area (Å²) < 4.78 is 5.39. The van der Waals surface area contributed by atoms with Crippen molar-refractivity contribution >= 4 is 29.2 Å². The van der Waals surface area contributed by atoms with Crippen LogP contribution in [0.4, 0.5) is 5.82 Å². The smallest absolute Gasteiger partial charge is 0.488 e. The molecule has 0 unspecified atom stereocenters. The molecular formula is C17H17BN2O3. The molecule has 116 valence electrons. The number of methoxy groups -OCH3 is 1. The lowest BCUT2D eigenvalue weighted by atomic mass is 9.79. The van der Waals surface area contributed by atoms with Gasteiger partial charge in [0.05, 0.1) is 7.11 Å². The summed E-state index contributed by atoms with van der Waals surface area (Å²) in [6, 6.07) is 12.8. The molecule has 0 saturated heterocycles. The van der Waals surface area contributed by atoms with Gasteiger partial charge in [-0.2, -0.15) is 0 Å². The number of nitrogens with two attached hydrogens (primary N) is 1. The molecule has 6 heteroatoms. The average molecular weight is 308 g/mol. The predicted molar refractivity (Wildman–Crippen MR) is 92.7 cm³/mol. The second-order valence-corrected chi connectivity index (χ2v) is 5.42. The van der Waals surface area contributed by atoms with E-state index in [1.165, 1.54) is 0 Å². The maximum atomic E-state index is 9.39. The van der Waals surface area contributed by atoms with E-state index in [-0.39, 0.29) is 0 Å². The maximum absolute atomic E-state index is 9.39. The topological polar surface area (TPSA) is 88.6 Å². The van der Waals surface area contributed by atoms with E-state index >= 15 is 0 Å². The highest BCUT2D eigenvalue weighted by Gasteiger charge is 2.15. The number of anilines is 1. The minimum absolute atomic E-state index is 0.409. The van der Waals surface area contributed by atoms with Crippen molar-refractivity contribution < 1.29 is 14.8 Å². The Morgan fingerprint density at radius 1 is 1.09 bits per heavy atom. The number of hydrogen-bond acceptors (Lipinski definition) is 5. The molecule has 0 bridgehead atoms. The number of pyridine rings is 1. The van der Waals surface area contributed by atoms with Crippen LogP contribution in [0.25, 0.3) is 21.9 Å². The quantitative estimate of drug-likeness (QED) is 0.638. The number of nitrogen functional groups attached to an aromatic ring is 1. The fraction of sp³-hybridized carbons (Fsp3) is 0.118. The molecule has 3 rings (SSSR count). The van der Waals surface area contributed by atoms with Gasteiger partial charge >= 0.3 is 7.12 Å². The molecule has 0 fully saturated rings. The first kappa shape index (κ1) is 15.3. The zero-order chi connectivity index (χ0) is 16.6. The van der Waals surface area contributed by atoms with Gasteiger partial charge in [-0.05, 0) is 41.5 Å². The monoisotopic (exact) mass is 308 g/mol. The van der Waals surface area contributed by atoms with Crippen molar-refractivity contribution in [2.24, 2.45) is 0 Å². The maximum Gasteiger partial charge on any atom is 0.488 e. The van der Waals surface area contributed by atoms with Gasteiger partial charge in [0.1, 0.15) is 11.6 Å². The second kappa shape index (κ2) is 5.91. The molecule has 1 aromatic heterocycles. The van der Waals surface area contributed by atoms with E-state index < -0.39 is 7.12 Å². The molecule has 23 heavy (non-hydrogen) atoms. The largest absolute Gasteiger partial charge is 0.496 e. The van der Waals surface area contributed by atoms with E-state index in [0.29, 0.717) is 17.0 Å². The third kappa shape index (κ3) is 2.86. The predicted octanol–water partition coefficient (Wildman–Crippen LogP) is 1.48. The summed E-state index contributed by atoms with van der Waals surface area (Å²) in [4.78, 5) is 4.26. The van der Waals surface area contributed by atoms with E-state index in [1.54, 1.807) is 25.3 Å². The van der Waals surface area contributed by atoms with E-state index in [4.69, 9.17) is 10.5 Å². The molecule has 0 saturated carbocycles. The van der Waals surface area contributed by atoms with Crippen molar-refractivity contribution in [3.63, 3.8) is 0 Å². The number of ether oxygens (including phenoxy) is 1. The Labute approximate surface area is 134 Å². The highest BCUT2D eigenvalue weighted by molar-refractivity contribution is 6.58. The zero-order valence-electron chi connectivity index (χ0n) is 12.9. The summed E-state index contributed by atoms with van der Waals surface area (Å²) in [7, 11) is 0.0586. The lowest BCUT2D eigenvalue weighted by molar-refractivity contribution is 0.415. The molecular weight excluding hydrogens is 291 g/mol. The van der Waals surface area contributed by atoms with Gasteiger partial charge < -0.3 is 20.5 Å². The minimum atomic E-state index is -1.53. The van der Waals surface area contributed by atoms with Crippen LogP contribution in [0.1, 0.15) is 5.69 Å². The number of fused-ring (bicyclic) bond motifs is 1. The molecule has 3 aromatic rings. The lowest BCUT2D eigenvalue weighted by Gasteiger charge is -2.12. The molecule has 0 aliphatic heterocycles. The van der Waals surface area contributed by atoms with E-state index in [9.17, 15) is 10.0 Å². The van der Waals surface area contributed by atoms with Crippen molar-refractivity contribution in [2.45, 2.75) is 6.92 Å². The van der Waals surface area contributed by atoms with Crippen LogP contribution in [-0.4, -0.2) is 29.3 Å². The van der Waals surface area contributed by atoms with Gasteiger partial charge in [0.15, 0.2) is 0 Å². The molecule has 0 aliphatic rings. The van der Waals surface area contributed by atoms with Gasteiger partial charge in [-0.15, -0.1) is 0 Å². The first-order valence-corrected chi connectivity index (χ1v) is 7.21. The normalized spacial score (nSPS) is 10.8. The standard InChI is InChI=1S/C17H17BN2O3/c1-10-7-12-8-11(3-5-14(12)17(19)20-10)15-9-13(18(21)22)4-6-16(15)23-2/h3-9,21-22H,1-2H3,(H2,19,20). The van der Waals surface area contributed by atoms with Crippen molar-refractivity contribution in [1.82, 2.24) is 4.98 Å². The van der Waals surface area contributed by atoms with E-state index in [2.05, 4.69) is 4.98 Å². The van der Waals surface area contributed by atoms with Crippen LogP contribution < -0.4 is 15.9 Å². The summed E-state index contributed by atoms with van der Waals surface area (Å²) in [5, 5.41) is 20.6. The molecule has 1 heterocycles. The van der Waals surface area contributed by atoms with Gasteiger partial charge in [0, 0.05) is 16.6 Å². The summed E-state index contributed by atoms with van der Waals surface area (Å²) >= 11 is 0. The molecule has 4 N–H and O–H groups in total. The number of nitrogens with zero attached hydrogens (tertiary/aromatic N) is 1. The number of rotatable bonds is 3. The van der Waals surface area contributed by atoms with Gasteiger partial charge in [-0.1, -0.05) is 24.3 Å². The van der Waals surface area contributed by atoms with Crippen LogP contribution in [0, 0.1) is 6.92 Å². The highest BCUT2D eigenvalue weighted by Crippen LogP contribution is 2.32.